The van der Waals surface area contributed by atoms with Gasteiger partial charge >= 0.3 is 17.9 Å². The van der Waals surface area contributed by atoms with Crippen molar-refractivity contribution in [2.75, 3.05) is 37.3 Å². The van der Waals surface area contributed by atoms with Crippen molar-refractivity contribution in [2.45, 2.75) is 269 Å². The SMILES string of the molecule is CCCCCCCCCCCCC(CSC(C)C(=O)N1CN(C(=O)C(C)SCC(CCCCCCCCCCCC)C(=O)O)CN(C(=O)C(C)SCC(CCCCCCCCCCCC)C(=O)O)C1)C(=O)O. The van der Waals surface area contributed by atoms with Gasteiger partial charge in [0, 0.05) is 17.3 Å². The van der Waals surface area contributed by atoms with E-state index in [1.54, 1.807) is 20.8 Å². The van der Waals surface area contributed by atoms with Gasteiger partial charge in [-0.25, -0.2) is 0 Å². The van der Waals surface area contributed by atoms with Crippen LogP contribution in [0.15, 0.2) is 0 Å². The quantitative estimate of drug-likeness (QED) is 0.0493. The highest BCUT2D eigenvalue weighted by molar-refractivity contribution is 8.01. The third-order valence-electron chi connectivity index (χ3n) is 14.4. The van der Waals surface area contributed by atoms with E-state index in [2.05, 4.69) is 20.8 Å². The van der Waals surface area contributed by atoms with Crippen LogP contribution in [0.1, 0.15) is 253 Å². The molecule has 420 valence electrons. The van der Waals surface area contributed by atoms with E-state index in [1.807, 2.05) is 0 Å². The lowest BCUT2D eigenvalue weighted by atomic mass is 10.0. The Morgan fingerprint density at radius 2 is 0.514 bits per heavy atom. The Kier molecular flexibility index (Phi) is 41.5. The van der Waals surface area contributed by atoms with Crippen LogP contribution in [0.3, 0.4) is 0 Å². The van der Waals surface area contributed by atoms with Gasteiger partial charge in [0.05, 0.1) is 53.5 Å². The van der Waals surface area contributed by atoms with Crippen LogP contribution in [0.25, 0.3) is 0 Å². The second-order valence-electron chi connectivity index (χ2n) is 21.0. The molecule has 72 heavy (non-hydrogen) atoms. The summed E-state index contributed by atoms with van der Waals surface area (Å²) in [5, 5.41) is 28.4. The molecule has 6 atom stereocenters. The molecule has 1 aliphatic heterocycles. The maximum absolute atomic E-state index is 14.2. The lowest BCUT2D eigenvalue weighted by Gasteiger charge is -2.44. The van der Waals surface area contributed by atoms with E-state index in [-0.39, 0.29) is 55.0 Å². The van der Waals surface area contributed by atoms with Crippen LogP contribution in [-0.4, -0.2) is 119 Å². The first kappa shape index (κ1) is 67.9. The van der Waals surface area contributed by atoms with E-state index in [1.165, 1.54) is 185 Å². The van der Waals surface area contributed by atoms with Crippen LogP contribution in [0.4, 0.5) is 0 Å². The van der Waals surface area contributed by atoms with Crippen LogP contribution in [0.5, 0.6) is 0 Å². The molecule has 0 radical (unpaired) electrons. The molecule has 3 amide bonds. The molecule has 3 N–H and O–H groups in total. The highest BCUT2D eigenvalue weighted by atomic mass is 32.2. The zero-order chi connectivity index (χ0) is 53.4. The smallest absolute Gasteiger partial charge is 0.307 e. The summed E-state index contributed by atoms with van der Waals surface area (Å²) in [7, 11) is 0. The summed E-state index contributed by atoms with van der Waals surface area (Å²) in [6, 6.07) is 0. The minimum absolute atomic E-state index is 0.0549. The van der Waals surface area contributed by atoms with Crippen molar-refractivity contribution in [1.82, 2.24) is 14.7 Å². The van der Waals surface area contributed by atoms with E-state index in [0.717, 1.165) is 57.8 Å². The molecule has 0 spiro atoms. The number of aliphatic carboxylic acids is 3. The number of carbonyl (C=O) groups excluding carboxylic acids is 3. The Labute approximate surface area is 451 Å². The van der Waals surface area contributed by atoms with Crippen molar-refractivity contribution >= 4 is 70.9 Å². The predicted octanol–water partition coefficient (Wildman–Crippen LogP) is 14.8. The monoisotopic (exact) mass is 1070 g/mol. The van der Waals surface area contributed by atoms with Gasteiger partial charge in [-0.2, -0.15) is 0 Å². The van der Waals surface area contributed by atoms with Gasteiger partial charge in [-0.1, -0.05) is 213 Å². The van der Waals surface area contributed by atoms with E-state index in [9.17, 15) is 44.1 Å². The van der Waals surface area contributed by atoms with Crippen LogP contribution in [-0.2, 0) is 28.8 Å². The minimum Gasteiger partial charge on any atom is -0.481 e. The maximum Gasteiger partial charge on any atom is 0.307 e. The zero-order valence-corrected chi connectivity index (χ0v) is 48.8. The maximum atomic E-state index is 14.2. The third-order valence-corrected chi connectivity index (χ3v) is 18.3. The highest BCUT2D eigenvalue weighted by Gasteiger charge is 2.37. The van der Waals surface area contributed by atoms with Gasteiger partial charge < -0.3 is 30.0 Å². The summed E-state index contributed by atoms with van der Waals surface area (Å²) in [5.41, 5.74) is 0. The first-order valence-electron chi connectivity index (χ1n) is 29.1. The minimum atomic E-state index is -0.871. The molecular formula is C57H105N3O9S3. The number of hydrogen-bond acceptors (Lipinski definition) is 9. The Morgan fingerprint density at radius 3 is 0.694 bits per heavy atom. The van der Waals surface area contributed by atoms with E-state index in [0.29, 0.717) is 19.3 Å². The van der Waals surface area contributed by atoms with E-state index >= 15 is 0 Å². The summed E-state index contributed by atoms with van der Waals surface area (Å²) >= 11 is 3.86. The molecule has 1 heterocycles. The Balaban J connectivity index is 2.97. The number of carbonyl (C=O) groups is 6. The highest BCUT2D eigenvalue weighted by Crippen LogP contribution is 2.28. The van der Waals surface area contributed by atoms with Gasteiger partial charge in [0.2, 0.25) is 17.7 Å². The molecule has 0 aromatic carbocycles. The fraction of sp³-hybridized carbons (Fsp3) is 0.895. The van der Waals surface area contributed by atoms with Crippen LogP contribution < -0.4 is 0 Å². The lowest BCUT2D eigenvalue weighted by Crippen LogP contribution is -2.62. The van der Waals surface area contributed by atoms with Gasteiger partial charge in [0.15, 0.2) is 0 Å². The fourth-order valence-corrected chi connectivity index (χ4v) is 12.8. The number of amides is 3. The number of carboxylic acid groups (broad SMARTS) is 3. The molecule has 15 heteroatoms. The molecule has 1 rings (SSSR count). The number of rotatable bonds is 48. The van der Waals surface area contributed by atoms with Crippen molar-refractivity contribution < 1.29 is 44.1 Å². The summed E-state index contributed by atoms with van der Waals surface area (Å²) in [4.78, 5) is 84.0. The first-order valence-corrected chi connectivity index (χ1v) is 32.2. The summed E-state index contributed by atoms with van der Waals surface area (Å²) in [6.07, 6.45) is 36.6. The average molecular weight is 1070 g/mol. The third kappa shape index (κ3) is 32.3. The van der Waals surface area contributed by atoms with Gasteiger partial charge in [-0.15, -0.1) is 35.3 Å². The molecule has 1 fully saturated rings. The Bertz CT molecular complexity index is 1290. The van der Waals surface area contributed by atoms with Crippen molar-refractivity contribution in [2.24, 2.45) is 17.8 Å². The van der Waals surface area contributed by atoms with Gasteiger partial charge in [0.1, 0.15) is 0 Å². The average Bonchev–Trinajstić information content (AvgIpc) is 3.36. The normalized spacial score (nSPS) is 15.5. The topological polar surface area (TPSA) is 173 Å². The first-order chi connectivity index (χ1) is 34.7. The molecule has 1 aliphatic rings. The Morgan fingerprint density at radius 1 is 0.333 bits per heavy atom. The summed E-state index contributed by atoms with van der Waals surface area (Å²) in [5.74, 6) is -4.47. The molecule has 1 saturated heterocycles. The molecule has 0 aromatic rings. The zero-order valence-electron chi connectivity index (χ0n) is 46.4. The predicted molar refractivity (Wildman–Crippen MR) is 304 cm³/mol. The molecule has 12 nitrogen and oxygen atoms in total. The van der Waals surface area contributed by atoms with E-state index in [4.69, 9.17) is 0 Å². The fourth-order valence-electron chi connectivity index (χ4n) is 9.41. The molecular weight excluding hydrogens is 967 g/mol. The van der Waals surface area contributed by atoms with Crippen molar-refractivity contribution in [1.29, 1.82) is 0 Å². The molecule has 0 saturated carbocycles. The summed E-state index contributed by atoms with van der Waals surface area (Å²) < 4.78 is 0. The number of unbranched alkanes of at least 4 members (excludes halogenated alkanes) is 27. The largest absolute Gasteiger partial charge is 0.481 e. The standard InChI is InChI=1S/C57H105N3O9S3/c1-7-10-13-16-19-22-25-28-31-34-37-49(55(64)65)40-70-46(4)52(61)58-43-59(53(62)47(5)71-41-50(56(66)67)38-35-32-29-26-23-20-17-14-11-8-2)45-60(44-58)54(63)48(6)72-42-51(57(68)69)39-36-33-30-27-24-21-18-15-12-9-3/h46-51H,7-45H2,1-6H3,(H,64,65)(H,66,67)(H,68,69). The Hall–Kier alpha value is -2.13. The second kappa shape index (κ2) is 44.0. The van der Waals surface area contributed by atoms with Crippen molar-refractivity contribution in [3.63, 3.8) is 0 Å². The molecule has 0 bridgehead atoms. The van der Waals surface area contributed by atoms with E-state index < -0.39 is 51.4 Å². The van der Waals surface area contributed by atoms with Crippen LogP contribution in [0, 0.1) is 17.8 Å². The number of carboxylic acids is 3. The number of hydrogen-bond donors (Lipinski definition) is 3. The molecule has 6 unspecified atom stereocenters. The number of nitrogens with zero attached hydrogens (tertiary/aromatic N) is 3. The van der Waals surface area contributed by atoms with Gasteiger partial charge in [-0.3, -0.25) is 28.8 Å². The van der Waals surface area contributed by atoms with Crippen LogP contribution in [0.2, 0.25) is 0 Å². The number of thioether (sulfide) groups is 3. The summed E-state index contributed by atoms with van der Waals surface area (Å²) in [6.45, 7) is 11.7. The molecule has 0 aliphatic carbocycles. The second-order valence-corrected chi connectivity index (χ2v) is 25.1. The van der Waals surface area contributed by atoms with Crippen molar-refractivity contribution in [3.8, 4) is 0 Å². The lowest BCUT2D eigenvalue weighted by molar-refractivity contribution is -0.158. The van der Waals surface area contributed by atoms with Gasteiger partial charge in [0.25, 0.3) is 0 Å². The van der Waals surface area contributed by atoms with Gasteiger partial charge in [-0.05, 0) is 40.0 Å². The van der Waals surface area contributed by atoms with Crippen molar-refractivity contribution in [3.05, 3.63) is 0 Å². The van der Waals surface area contributed by atoms with Crippen LogP contribution >= 0.6 is 35.3 Å². The molecule has 0 aromatic heterocycles.